The number of carbonyl (C=O) groups excluding carboxylic acids is 2. The molecule has 1 N–H and O–H groups in total. The number of hydrogen-bond donors (Lipinski definition) is 1. The normalized spacial score (nSPS) is 11.8. The van der Waals surface area contributed by atoms with Gasteiger partial charge in [-0.2, -0.15) is 0 Å². The van der Waals surface area contributed by atoms with E-state index in [9.17, 15) is 28.1 Å². The number of rotatable bonds is 16. The van der Waals surface area contributed by atoms with Crippen molar-refractivity contribution in [2.45, 2.75) is 57.5 Å². The van der Waals surface area contributed by atoms with E-state index in [4.69, 9.17) is 21.1 Å². The summed E-state index contributed by atoms with van der Waals surface area (Å²) in [6.07, 6.45) is 1.84. The molecule has 0 saturated carbocycles. The van der Waals surface area contributed by atoms with E-state index in [2.05, 4.69) is 5.32 Å². The molecule has 0 saturated heterocycles. The second-order valence-corrected chi connectivity index (χ2v) is 12.8. The van der Waals surface area contributed by atoms with Crippen LogP contribution < -0.4 is 19.1 Å². The van der Waals surface area contributed by atoms with Crippen molar-refractivity contribution in [1.82, 2.24) is 10.2 Å². The van der Waals surface area contributed by atoms with Crippen LogP contribution in [0.25, 0.3) is 0 Å². The third-order valence-corrected chi connectivity index (χ3v) is 9.35. The fraction of sp³-hybridized carbons (Fsp3) is 0.375. The summed E-state index contributed by atoms with van der Waals surface area (Å²) in [5, 5.41) is 14.7. The number of benzene rings is 3. The van der Waals surface area contributed by atoms with Crippen LogP contribution in [0.2, 0.25) is 5.02 Å². The lowest BCUT2D eigenvalue weighted by molar-refractivity contribution is -0.385. The standard InChI is InChI=1S/C32H39ClN4O8S/c1-6-8-16-34-32(39)27(7-2)35(20-23-10-9-11-25(17-23)44-4)31(38)21-36(29-18-24(33)13-15-30(29)45-5)46(42,43)26-14-12-22(3)28(19-26)37(40)41/h9-15,17-19,27H,6-8,16,20-21H2,1-5H3,(H,34,39). The summed E-state index contributed by atoms with van der Waals surface area (Å²) < 4.78 is 40.2. The Morgan fingerprint density at radius 1 is 1.04 bits per heavy atom. The van der Waals surface area contributed by atoms with Crippen molar-refractivity contribution >= 4 is 44.8 Å². The van der Waals surface area contributed by atoms with Crippen LogP contribution in [-0.2, 0) is 26.2 Å². The summed E-state index contributed by atoms with van der Waals surface area (Å²) in [5.41, 5.74) is 0.445. The van der Waals surface area contributed by atoms with Crippen molar-refractivity contribution < 1.29 is 32.4 Å². The van der Waals surface area contributed by atoms with Crippen LogP contribution in [0.4, 0.5) is 11.4 Å². The fourth-order valence-electron chi connectivity index (χ4n) is 4.84. The minimum absolute atomic E-state index is 0.0354. The van der Waals surface area contributed by atoms with Crippen molar-refractivity contribution in [3.8, 4) is 11.5 Å². The summed E-state index contributed by atoms with van der Waals surface area (Å²) in [4.78, 5) is 39.7. The molecule has 0 fully saturated rings. The number of ether oxygens (including phenoxy) is 2. The number of methoxy groups -OCH3 is 2. The van der Waals surface area contributed by atoms with E-state index < -0.39 is 44.0 Å². The van der Waals surface area contributed by atoms with Gasteiger partial charge >= 0.3 is 0 Å². The van der Waals surface area contributed by atoms with E-state index in [1.165, 1.54) is 56.4 Å². The van der Waals surface area contributed by atoms with Gasteiger partial charge in [0.15, 0.2) is 0 Å². The molecule has 2 amide bonds. The van der Waals surface area contributed by atoms with Gasteiger partial charge in [0.2, 0.25) is 11.8 Å². The number of nitro groups is 1. The third-order valence-electron chi connectivity index (χ3n) is 7.36. The van der Waals surface area contributed by atoms with E-state index in [1.807, 2.05) is 6.92 Å². The van der Waals surface area contributed by atoms with Gasteiger partial charge in [-0.25, -0.2) is 8.42 Å². The van der Waals surface area contributed by atoms with Crippen LogP contribution in [0.5, 0.6) is 11.5 Å². The van der Waals surface area contributed by atoms with Crippen LogP contribution in [0.15, 0.2) is 65.6 Å². The molecule has 1 atom stereocenters. The highest BCUT2D eigenvalue weighted by molar-refractivity contribution is 7.92. The molecule has 3 aromatic carbocycles. The maximum Gasteiger partial charge on any atom is 0.273 e. The highest BCUT2D eigenvalue weighted by atomic mass is 35.5. The maximum atomic E-state index is 14.3. The summed E-state index contributed by atoms with van der Waals surface area (Å²) in [6, 6.07) is 13.8. The molecule has 0 heterocycles. The van der Waals surface area contributed by atoms with Gasteiger partial charge < -0.3 is 19.7 Å². The number of carbonyl (C=O) groups is 2. The molecule has 0 aliphatic heterocycles. The summed E-state index contributed by atoms with van der Waals surface area (Å²) in [5.74, 6) is -0.450. The molecule has 248 valence electrons. The Bertz CT molecular complexity index is 1670. The van der Waals surface area contributed by atoms with Crippen molar-refractivity contribution in [1.29, 1.82) is 0 Å². The quantitative estimate of drug-likeness (QED) is 0.119. The van der Waals surface area contributed by atoms with Crippen LogP contribution in [0, 0.1) is 17.0 Å². The highest BCUT2D eigenvalue weighted by Gasteiger charge is 2.35. The Labute approximate surface area is 274 Å². The first-order valence-corrected chi connectivity index (χ1v) is 16.5. The summed E-state index contributed by atoms with van der Waals surface area (Å²) in [7, 11) is -1.80. The van der Waals surface area contributed by atoms with E-state index in [-0.39, 0.29) is 40.9 Å². The Hall–Kier alpha value is -4.36. The number of unbranched alkanes of at least 4 members (excludes halogenated alkanes) is 1. The minimum atomic E-state index is -4.64. The van der Waals surface area contributed by atoms with Crippen molar-refractivity contribution in [2.75, 3.05) is 31.6 Å². The summed E-state index contributed by atoms with van der Waals surface area (Å²) >= 11 is 6.28. The van der Waals surface area contributed by atoms with Gasteiger partial charge in [-0.1, -0.05) is 50.1 Å². The Balaban J connectivity index is 2.17. The average Bonchev–Trinajstić information content (AvgIpc) is 3.03. The lowest BCUT2D eigenvalue weighted by atomic mass is 10.1. The average molecular weight is 675 g/mol. The number of hydrogen-bond acceptors (Lipinski definition) is 8. The van der Waals surface area contributed by atoms with Gasteiger partial charge in [0.1, 0.15) is 24.1 Å². The van der Waals surface area contributed by atoms with E-state index in [0.717, 1.165) is 23.2 Å². The summed E-state index contributed by atoms with van der Waals surface area (Å²) in [6.45, 7) is 4.84. The van der Waals surface area contributed by atoms with E-state index in [1.54, 1.807) is 31.2 Å². The van der Waals surface area contributed by atoms with Gasteiger partial charge in [-0.3, -0.25) is 24.0 Å². The fourth-order valence-corrected chi connectivity index (χ4v) is 6.44. The second kappa shape index (κ2) is 16.3. The number of amides is 2. The van der Waals surface area contributed by atoms with Crippen LogP contribution >= 0.6 is 11.6 Å². The van der Waals surface area contributed by atoms with Crippen molar-refractivity contribution in [3.63, 3.8) is 0 Å². The minimum Gasteiger partial charge on any atom is -0.497 e. The van der Waals surface area contributed by atoms with E-state index in [0.29, 0.717) is 17.9 Å². The van der Waals surface area contributed by atoms with Gasteiger partial charge in [0.25, 0.3) is 15.7 Å². The number of anilines is 1. The van der Waals surface area contributed by atoms with Crippen LogP contribution in [0.3, 0.4) is 0 Å². The molecule has 14 heteroatoms. The second-order valence-electron chi connectivity index (χ2n) is 10.5. The predicted molar refractivity (Wildman–Crippen MR) is 176 cm³/mol. The maximum absolute atomic E-state index is 14.3. The number of nitro benzene ring substituents is 1. The molecule has 0 bridgehead atoms. The monoisotopic (exact) mass is 674 g/mol. The number of halogens is 1. The van der Waals surface area contributed by atoms with Gasteiger partial charge in [0, 0.05) is 29.7 Å². The molecular formula is C32H39ClN4O8S. The number of sulfonamides is 1. The highest BCUT2D eigenvalue weighted by Crippen LogP contribution is 2.36. The Morgan fingerprint density at radius 2 is 1.78 bits per heavy atom. The lowest BCUT2D eigenvalue weighted by Crippen LogP contribution is -2.52. The smallest absolute Gasteiger partial charge is 0.273 e. The predicted octanol–water partition coefficient (Wildman–Crippen LogP) is 5.49. The molecule has 0 aromatic heterocycles. The molecule has 0 aliphatic rings. The Morgan fingerprint density at radius 3 is 2.41 bits per heavy atom. The molecule has 12 nitrogen and oxygen atoms in total. The Kier molecular flexibility index (Phi) is 12.8. The number of nitrogens with zero attached hydrogens (tertiary/aromatic N) is 3. The van der Waals surface area contributed by atoms with Gasteiger partial charge in [-0.05, 0) is 61.7 Å². The first-order valence-electron chi connectivity index (χ1n) is 14.7. The molecular weight excluding hydrogens is 636 g/mol. The van der Waals surface area contributed by atoms with Crippen molar-refractivity contribution in [3.05, 3.63) is 86.9 Å². The first-order chi connectivity index (χ1) is 21.9. The first kappa shape index (κ1) is 36.1. The van der Waals surface area contributed by atoms with Gasteiger partial charge in [0.05, 0.1) is 29.7 Å². The number of nitrogens with one attached hydrogen (secondary N) is 1. The topological polar surface area (TPSA) is 148 Å². The molecule has 0 aliphatic carbocycles. The molecule has 0 spiro atoms. The molecule has 0 radical (unpaired) electrons. The van der Waals surface area contributed by atoms with Crippen molar-refractivity contribution in [2.24, 2.45) is 0 Å². The van der Waals surface area contributed by atoms with E-state index >= 15 is 0 Å². The molecule has 46 heavy (non-hydrogen) atoms. The third kappa shape index (κ3) is 8.67. The van der Waals surface area contributed by atoms with Gasteiger partial charge in [-0.15, -0.1) is 0 Å². The zero-order valence-corrected chi connectivity index (χ0v) is 28.1. The van der Waals surface area contributed by atoms with Crippen LogP contribution in [0.1, 0.15) is 44.2 Å². The number of aryl methyl sites for hydroxylation is 1. The SMILES string of the molecule is CCCCNC(=O)C(CC)N(Cc1cccc(OC)c1)C(=O)CN(c1cc(Cl)ccc1OC)S(=O)(=O)c1ccc(C)c([N+](=O)[O-])c1. The lowest BCUT2D eigenvalue weighted by Gasteiger charge is -2.33. The molecule has 3 rings (SSSR count). The zero-order valence-electron chi connectivity index (χ0n) is 26.5. The van der Waals surface area contributed by atoms with Crippen LogP contribution in [-0.4, -0.2) is 63.4 Å². The molecule has 3 aromatic rings. The largest absolute Gasteiger partial charge is 0.497 e. The zero-order chi connectivity index (χ0) is 34.0. The molecule has 1 unspecified atom stereocenters.